The first-order valence-electron chi connectivity index (χ1n) is 7.11. The summed E-state index contributed by atoms with van der Waals surface area (Å²) in [6.07, 6.45) is 5.07. The largest absolute Gasteiger partial charge is 0.333 e. The van der Waals surface area contributed by atoms with E-state index in [-0.39, 0.29) is 6.04 Å². The lowest BCUT2D eigenvalue weighted by atomic mass is 10.1. The Labute approximate surface area is 111 Å². The predicted octanol–water partition coefficient (Wildman–Crippen LogP) is 2.27. The minimum Gasteiger partial charge on any atom is -0.333 e. The molecule has 104 valence electrons. The summed E-state index contributed by atoms with van der Waals surface area (Å²) in [5.41, 5.74) is 7.24. The molecule has 0 aliphatic carbocycles. The van der Waals surface area contributed by atoms with Crippen molar-refractivity contribution in [3.05, 3.63) is 18.2 Å². The van der Waals surface area contributed by atoms with E-state index in [1.165, 1.54) is 12.1 Å². The van der Waals surface area contributed by atoms with Crippen LogP contribution in [0.25, 0.3) is 0 Å². The third kappa shape index (κ3) is 3.56. The fraction of sp³-hybridized carbons (Fsp3) is 0.786. The molecular weight excluding hydrogens is 224 g/mol. The Kier molecular flexibility index (Phi) is 6.36. The zero-order chi connectivity index (χ0) is 13.5. The van der Waals surface area contributed by atoms with E-state index in [9.17, 15) is 0 Å². The number of likely N-dealkylation sites (N-methyl/N-ethyl adjacent to an activating group) is 1. The zero-order valence-corrected chi connectivity index (χ0v) is 12.3. The van der Waals surface area contributed by atoms with Gasteiger partial charge >= 0.3 is 0 Å². The number of nitrogens with two attached hydrogens (primary N) is 1. The van der Waals surface area contributed by atoms with Crippen LogP contribution < -0.4 is 5.73 Å². The molecule has 1 heterocycles. The lowest BCUT2D eigenvalue weighted by Gasteiger charge is -2.32. The normalized spacial score (nSPS) is 15.0. The number of hydrogen-bond donors (Lipinski definition) is 1. The van der Waals surface area contributed by atoms with Gasteiger partial charge in [-0.3, -0.25) is 4.90 Å². The first-order valence-corrected chi connectivity index (χ1v) is 7.11. The zero-order valence-electron chi connectivity index (χ0n) is 12.3. The third-order valence-electron chi connectivity index (χ3n) is 3.74. The molecule has 1 aromatic rings. The summed E-state index contributed by atoms with van der Waals surface area (Å²) in [5, 5.41) is 0. The van der Waals surface area contributed by atoms with Crippen LogP contribution in [-0.4, -0.2) is 34.1 Å². The molecule has 0 spiro atoms. The number of aryl methyl sites for hydroxylation is 1. The molecule has 4 heteroatoms. The summed E-state index contributed by atoms with van der Waals surface area (Å²) in [4.78, 5) is 6.73. The van der Waals surface area contributed by atoms with Gasteiger partial charge in [0.15, 0.2) is 0 Å². The number of imidazole rings is 1. The van der Waals surface area contributed by atoms with Gasteiger partial charge in [-0.15, -0.1) is 0 Å². The average Bonchev–Trinajstić information content (AvgIpc) is 2.86. The smallest absolute Gasteiger partial charge is 0.0948 e. The highest BCUT2D eigenvalue weighted by Crippen LogP contribution is 2.21. The van der Waals surface area contributed by atoms with Crippen molar-refractivity contribution in [3.8, 4) is 0 Å². The summed E-state index contributed by atoms with van der Waals surface area (Å²) in [6.45, 7) is 12.6. The van der Waals surface area contributed by atoms with E-state index in [4.69, 9.17) is 5.73 Å². The summed E-state index contributed by atoms with van der Waals surface area (Å²) in [7, 11) is 0. The molecule has 2 atom stereocenters. The molecule has 1 aromatic heterocycles. The van der Waals surface area contributed by atoms with Crippen LogP contribution in [0.2, 0.25) is 0 Å². The van der Waals surface area contributed by atoms with Gasteiger partial charge in [0.2, 0.25) is 0 Å². The van der Waals surface area contributed by atoms with Gasteiger partial charge in [-0.2, -0.15) is 0 Å². The number of aromatic nitrogens is 2. The lowest BCUT2D eigenvalue weighted by molar-refractivity contribution is 0.176. The standard InChI is InChI=1S/C14H28N4/c1-5-12(4)10-17(6-2)13(8-15)14-9-16-11-18(14)7-3/h9,11-13H,5-8,10,15H2,1-4H3. The van der Waals surface area contributed by atoms with Gasteiger partial charge in [0.05, 0.1) is 18.1 Å². The Morgan fingerprint density at radius 2 is 2.11 bits per heavy atom. The molecule has 1 rings (SSSR count). The van der Waals surface area contributed by atoms with Gasteiger partial charge in [0.1, 0.15) is 0 Å². The molecule has 0 aromatic carbocycles. The van der Waals surface area contributed by atoms with Crippen LogP contribution in [0, 0.1) is 5.92 Å². The topological polar surface area (TPSA) is 47.1 Å². The first-order chi connectivity index (χ1) is 8.67. The van der Waals surface area contributed by atoms with E-state index in [0.717, 1.165) is 19.6 Å². The molecule has 0 aliphatic heterocycles. The van der Waals surface area contributed by atoms with Crippen LogP contribution in [0.1, 0.15) is 45.9 Å². The van der Waals surface area contributed by atoms with Crippen molar-refractivity contribution in [2.24, 2.45) is 11.7 Å². The van der Waals surface area contributed by atoms with Gasteiger partial charge in [-0.25, -0.2) is 4.98 Å². The molecule has 0 amide bonds. The minimum absolute atomic E-state index is 0.284. The third-order valence-corrected chi connectivity index (χ3v) is 3.74. The molecule has 0 bridgehead atoms. The molecule has 0 fully saturated rings. The van der Waals surface area contributed by atoms with Gasteiger partial charge < -0.3 is 10.3 Å². The van der Waals surface area contributed by atoms with E-state index < -0.39 is 0 Å². The van der Waals surface area contributed by atoms with Crippen LogP contribution in [0.15, 0.2) is 12.5 Å². The second-order valence-electron chi connectivity index (χ2n) is 4.96. The summed E-state index contributed by atoms with van der Waals surface area (Å²) >= 11 is 0. The maximum absolute atomic E-state index is 6.00. The van der Waals surface area contributed by atoms with Crippen LogP contribution in [0.3, 0.4) is 0 Å². The van der Waals surface area contributed by atoms with Gasteiger partial charge in [-0.05, 0) is 19.4 Å². The highest BCUT2D eigenvalue weighted by Gasteiger charge is 2.21. The Balaban J connectivity index is 2.86. The van der Waals surface area contributed by atoms with Gasteiger partial charge in [0, 0.05) is 25.8 Å². The van der Waals surface area contributed by atoms with E-state index in [2.05, 4.69) is 42.1 Å². The molecule has 0 saturated heterocycles. The van der Waals surface area contributed by atoms with E-state index in [0.29, 0.717) is 12.5 Å². The fourth-order valence-corrected chi connectivity index (χ4v) is 2.34. The van der Waals surface area contributed by atoms with E-state index >= 15 is 0 Å². The van der Waals surface area contributed by atoms with E-state index in [1.54, 1.807) is 0 Å². The highest BCUT2D eigenvalue weighted by molar-refractivity contribution is 5.06. The summed E-state index contributed by atoms with van der Waals surface area (Å²) < 4.78 is 2.19. The fourth-order valence-electron chi connectivity index (χ4n) is 2.34. The summed E-state index contributed by atoms with van der Waals surface area (Å²) in [5.74, 6) is 0.706. The quantitative estimate of drug-likeness (QED) is 0.772. The van der Waals surface area contributed by atoms with Crippen LogP contribution in [0.5, 0.6) is 0 Å². The van der Waals surface area contributed by atoms with E-state index in [1.807, 2.05) is 12.5 Å². The molecule has 0 saturated carbocycles. The second kappa shape index (κ2) is 7.54. The molecule has 0 aliphatic rings. The average molecular weight is 252 g/mol. The number of rotatable bonds is 8. The molecule has 0 radical (unpaired) electrons. The number of hydrogen-bond acceptors (Lipinski definition) is 3. The number of nitrogens with zero attached hydrogens (tertiary/aromatic N) is 3. The highest BCUT2D eigenvalue weighted by atomic mass is 15.2. The van der Waals surface area contributed by atoms with Crippen molar-refractivity contribution < 1.29 is 0 Å². The first kappa shape index (κ1) is 15.2. The predicted molar refractivity (Wildman–Crippen MR) is 76.4 cm³/mol. The molecular formula is C14H28N4. The van der Waals surface area contributed by atoms with Crippen LogP contribution in [0.4, 0.5) is 0 Å². The maximum atomic E-state index is 6.00. The lowest BCUT2D eigenvalue weighted by Crippen LogP contribution is -2.37. The Bertz CT molecular complexity index is 334. The summed E-state index contributed by atoms with van der Waals surface area (Å²) in [6, 6.07) is 0.284. The van der Waals surface area contributed by atoms with Crippen molar-refractivity contribution in [1.82, 2.24) is 14.5 Å². The van der Waals surface area contributed by atoms with Gasteiger partial charge in [0.25, 0.3) is 0 Å². The SMILES string of the molecule is CCC(C)CN(CC)C(CN)c1cncn1CC. The van der Waals surface area contributed by atoms with Crippen molar-refractivity contribution in [2.75, 3.05) is 19.6 Å². The Morgan fingerprint density at radius 1 is 1.39 bits per heavy atom. The second-order valence-corrected chi connectivity index (χ2v) is 4.96. The van der Waals surface area contributed by atoms with Crippen LogP contribution >= 0.6 is 0 Å². The Morgan fingerprint density at radius 3 is 2.61 bits per heavy atom. The molecule has 2 N–H and O–H groups in total. The van der Waals surface area contributed by atoms with Crippen molar-refractivity contribution >= 4 is 0 Å². The molecule has 4 nitrogen and oxygen atoms in total. The van der Waals surface area contributed by atoms with Crippen molar-refractivity contribution in [1.29, 1.82) is 0 Å². The monoisotopic (exact) mass is 252 g/mol. The molecule has 18 heavy (non-hydrogen) atoms. The molecule has 2 unspecified atom stereocenters. The van der Waals surface area contributed by atoms with Gasteiger partial charge in [-0.1, -0.05) is 27.2 Å². The van der Waals surface area contributed by atoms with Crippen LogP contribution in [-0.2, 0) is 6.54 Å². The van der Waals surface area contributed by atoms with Crippen molar-refractivity contribution in [3.63, 3.8) is 0 Å². The van der Waals surface area contributed by atoms with Crippen molar-refractivity contribution in [2.45, 2.75) is 46.7 Å². The maximum Gasteiger partial charge on any atom is 0.0948 e. The Hall–Kier alpha value is -0.870. The minimum atomic E-state index is 0.284.